The Morgan fingerprint density at radius 2 is 1.92 bits per heavy atom. The van der Waals surface area contributed by atoms with Crippen LogP contribution in [0.25, 0.3) is 0 Å². The maximum atomic E-state index is 12.2. The molecular weight excluding hydrogens is 302 g/mol. The predicted molar refractivity (Wildman–Crippen MR) is 96.5 cm³/mol. The summed E-state index contributed by atoms with van der Waals surface area (Å²) < 4.78 is 5.75. The van der Waals surface area contributed by atoms with Gasteiger partial charge in [0.2, 0.25) is 0 Å². The molecule has 2 N–H and O–H groups in total. The summed E-state index contributed by atoms with van der Waals surface area (Å²) >= 11 is 0. The smallest absolute Gasteiger partial charge is 0.262 e. The Balaban J connectivity index is 2.05. The Kier molecular flexibility index (Phi) is 5.99. The van der Waals surface area contributed by atoms with Crippen LogP contribution >= 0.6 is 0 Å². The summed E-state index contributed by atoms with van der Waals surface area (Å²) in [7, 11) is 0. The van der Waals surface area contributed by atoms with Crippen LogP contribution in [0.1, 0.15) is 42.0 Å². The SMILES string of the molecule is Cc1ccc(C(C)C)c(OCC(=O)Nc2cc(CO)ccc2C)c1. The normalized spacial score (nSPS) is 10.8. The third-order valence-corrected chi connectivity index (χ3v) is 3.91. The molecule has 0 aliphatic carbocycles. The molecule has 0 fully saturated rings. The third-order valence-electron chi connectivity index (χ3n) is 3.91. The van der Waals surface area contributed by atoms with Crippen molar-refractivity contribution >= 4 is 11.6 Å². The molecule has 4 heteroatoms. The molecule has 4 nitrogen and oxygen atoms in total. The van der Waals surface area contributed by atoms with Crippen molar-refractivity contribution in [3.63, 3.8) is 0 Å². The number of benzene rings is 2. The summed E-state index contributed by atoms with van der Waals surface area (Å²) in [4.78, 5) is 12.2. The van der Waals surface area contributed by atoms with Gasteiger partial charge in [-0.2, -0.15) is 0 Å². The van der Waals surface area contributed by atoms with Crippen molar-refractivity contribution in [1.29, 1.82) is 0 Å². The van der Waals surface area contributed by atoms with Crippen molar-refractivity contribution in [2.75, 3.05) is 11.9 Å². The zero-order valence-electron chi connectivity index (χ0n) is 14.7. The van der Waals surface area contributed by atoms with Crippen LogP contribution in [-0.4, -0.2) is 17.6 Å². The molecule has 0 unspecified atom stereocenters. The molecule has 2 rings (SSSR count). The monoisotopic (exact) mass is 327 g/mol. The molecule has 0 saturated carbocycles. The lowest BCUT2D eigenvalue weighted by molar-refractivity contribution is -0.118. The number of aliphatic hydroxyl groups excluding tert-OH is 1. The molecule has 2 aromatic rings. The first kappa shape index (κ1) is 18.0. The van der Waals surface area contributed by atoms with Crippen LogP contribution in [0.3, 0.4) is 0 Å². The molecule has 0 bridgehead atoms. The van der Waals surface area contributed by atoms with Crippen molar-refractivity contribution < 1.29 is 14.6 Å². The zero-order chi connectivity index (χ0) is 17.7. The minimum Gasteiger partial charge on any atom is -0.483 e. The highest BCUT2D eigenvalue weighted by molar-refractivity contribution is 5.92. The Hall–Kier alpha value is -2.33. The minimum absolute atomic E-state index is 0.0496. The molecule has 0 radical (unpaired) electrons. The molecule has 24 heavy (non-hydrogen) atoms. The van der Waals surface area contributed by atoms with Crippen LogP contribution in [0.4, 0.5) is 5.69 Å². The number of aryl methyl sites for hydroxylation is 2. The summed E-state index contributed by atoms with van der Waals surface area (Å²) in [5.74, 6) is 0.859. The van der Waals surface area contributed by atoms with E-state index < -0.39 is 0 Å². The third kappa shape index (κ3) is 4.59. The molecule has 0 aromatic heterocycles. The molecule has 0 atom stereocenters. The summed E-state index contributed by atoms with van der Waals surface area (Å²) in [5.41, 5.74) is 4.59. The number of carbonyl (C=O) groups excluding carboxylic acids is 1. The maximum absolute atomic E-state index is 12.2. The van der Waals surface area contributed by atoms with Gasteiger partial charge in [-0.15, -0.1) is 0 Å². The minimum atomic E-state index is -0.218. The highest BCUT2D eigenvalue weighted by Crippen LogP contribution is 2.27. The van der Waals surface area contributed by atoms with Crippen LogP contribution in [0.5, 0.6) is 5.75 Å². The number of hydrogen-bond acceptors (Lipinski definition) is 3. The van der Waals surface area contributed by atoms with E-state index in [2.05, 4.69) is 19.2 Å². The number of carbonyl (C=O) groups is 1. The molecular formula is C20H25NO3. The van der Waals surface area contributed by atoms with Crippen molar-refractivity contribution in [3.05, 3.63) is 58.7 Å². The molecule has 1 amide bonds. The first-order valence-corrected chi connectivity index (χ1v) is 8.14. The lowest BCUT2D eigenvalue weighted by Gasteiger charge is -2.15. The Morgan fingerprint density at radius 3 is 2.58 bits per heavy atom. The number of ether oxygens (including phenoxy) is 1. The molecule has 0 aliphatic heterocycles. The molecule has 0 aliphatic rings. The number of rotatable bonds is 6. The predicted octanol–water partition coefficient (Wildman–Crippen LogP) is 3.94. The summed E-state index contributed by atoms with van der Waals surface area (Å²) in [6.45, 7) is 8.01. The zero-order valence-corrected chi connectivity index (χ0v) is 14.7. The lowest BCUT2D eigenvalue weighted by atomic mass is 10.0. The van der Waals surface area contributed by atoms with E-state index in [1.165, 1.54) is 0 Å². The van der Waals surface area contributed by atoms with Gasteiger partial charge in [-0.1, -0.05) is 38.1 Å². The largest absolute Gasteiger partial charge is 0.483 e. The summed E-state index contributed by atoms with van der Waals surface area (Å²) in [6, 6.07) is 11.5. The van der Waals surface area contributed by atoms with Gasteiger partial charge in [0.05, 0.1) is 6.61 Å². The van der Waals surface area contributed by atoms with Gasteiger partial charge in [0.1, 0.15) is 5.75 Å². The van der Waals surface area contributed by atoms with Gasteiger partial charge in [-0.25, -0.2) is 0 Å². The summed E-state index contributed by atoms with van der Waals surface area (Å²) in [6.07, 6.45) is 0. The van der Waals surface area contributed by atoms with Crippen molar-refractivity contribution in [3.8, 4) is 5.75 Å². The van der Waals surface area contributed by atoms with Crippen LogP contribution in [-0.2, 0) is 11.4 Å². The number of hydrogen-bond donors (Lipinski definition) is 2. The average molecular weight is 327 g/mol. The van der Waals surface area contributed by atoms with Crippen LogP contribution in [0.15, 0.2) is 36.4 Å². The van der Waals surface area contributed by atoms with Gasteiger partial charge in [-0.05, 0) is 54.2 Å². The topological polar surface area (TPSA) is 58.6 Å². The average Bonchev–Trinajstić information content (AvgIpc) is 2.54. The highest BCUT2D eigenvalue weighted by atomic mass is 16.5. The van der Waals surface area contributed by atoms with Crippen molar-refractivity contribution in [2.24, 2.45) is 0 Å². The Morgan fingerprint density at radius 1 is 1.17 bits per heavy atom. The van der Waals surface area contributed by atoms with E-state index in [1.807, 2.05) is 44.2 Å². The maximum Gasteiger partial charge on any atom is 0.262 e. The highest BCUT2D eigenvalue weighted by Gasteiger charge is 2.11. The fourth-order valence-electron chi connectivity index (χ4n) is 2.48. The van der Waals surface area contributed by atoms with Gasteiger partial charge in [-0.3, -0.25) is 4.79 Å². The molecule has 128 valence electrons. The first-order chi connectivity index (χ1) is 11.4. The van der Waals surface area contributed by atoms with E-state index in [1.54, 1.807) is 6.07 Å². The Bertz CT molecular complexity index is 723. The number of aliphatic hydroxyl groups is 1. The van der Waals surface area contributed by atoms with Crippen molar-refractivity contribution in [2.45, 2.75) is 40.2 Å². The fraction of sp³-hybridized carbons (Fsp3) is 0.350. The van der Waals surface area contributed by atoms with Crippen LogP contribution < -0.4 is 10.1 Å². The van der Waals surface area contributed by atoms with E-state index in [0.717, 1.165) is 28.0 Å². The Labute approximate surface area is 143 Å². The quantitative estimate of drug-likeness (QED) is 0.845. The first-order valence-electron chi connectivity index (χ1n) is 8.14. The van der Waals surface area contributed by atoms with E-state index in [9.17, 15) is 9.90 Å². The van der Waals surface area contributed by atoms with E-state index in [4.69, 9.17) is 4.74 Å². The van der Waals surface area contributed by atoms with Gasteiger partial charge >= 0.3 is 0 Å². The lowest BCUT2D eigenvalue weighted by Crippen LogP contribution is -2.21. The van der Waals surface area contributed by atoms with E-state index in [0.29, 0.717) is 11.6 Å². The fourth-order valence-corrected chi connectivity index (χ4v) is 2.48. The van der Waals surface area contributed by atoms with Crippen LogP contribution in [0.2, 0.25) is 0 Å². The van der Waals surface area contributed by atoms with Gasteiger partial charge < -0.3 is 15.2 Å². The molecule has 0 saturated heterocycles. The second-order valence-corrected chi connectivity index (χ2v) is 6.34. The molecule has 0 spiro atoms. The number of anilines is 1. The molecule has 2 aromatic carbocycles. The van der Waals surface area contributed by atoms with Crippen molar-refractivity contribution in [1.82, 2.24) is 0 Å². The second kappa shape index (κ2) is 7.97. The van der Waals surface area contributed by atoms with Gasteiger partial charge in [0.15, 0.2) is 6.61 Å². The van der Waals surface area contributed by atoms with Crippen LogP contribution in [0, 0.1) is 13.8 Å². The van der Waals surface area contributed by atoms with Gasteiger partial charge in [0.25, 0.3) is 5.91 Å². The van der Waals surface area contributed by atoms with E-state index >= 15 is 0 Å². The molecule has 0 heterocycles. The van der Waals surface area contributed by atoms with Gasteiger partial charge in [0, 0.05) is 5.69 Å². The second-order valence-electron chi connectivity index (χ2n) is 6.34. The number of amides is 1. The summed E-state index contributed by atoms with van der Waals surface area (Å²) in [5, 5.41) is 12.1. The standard InChI is InChI=1S/C20H25NO3/c1-13(2)17-8-5-14(3)9-19(17)24-12-20(23)21-18-10-16(11-22)7-6-15(18)4/h5-10,13,22H,11-12H2,1-4H3,(H,21,23). The van der Waals surface area contributed by atoms with E-state index in [-0.39, 0.29) is 19.1 Å². The number of nitrogens with one attached hydrogen (secondary N) is 1.